The SMILES string of the molecule is CC(C)CCNC(=O)Cn1ccc2cccc(C=O)c21. The summed E-state index contributed by atoms with van der Waals surface area (Å²) < 4.78 is 1.82. The number of para-hydroxylation sites is 1. The Morgan fingerprint density at radius 3 is 2.85 bits per heavy atom. The number of nitrogens with zero attached hydrogens (tertiary/aromatic N) is 1. The molecule has 0 bridgehead atoms. The van der Waals surface area contributed by atoms with Gasteiger partial charge in [-0.3, -0.25) is 9.59 Å². The number of amides is 1. The van der Waals surface area contributed by atoms with E-state index in [2.05, 4.69) is 19.2 Å². The first kappa shape index (κ1) is 14.3. The van der Waals surface area contributed by atoms with E-state index < -0.39 is 0 Å². The van der Waals surface area contributed by atoms with Gasteiger partial charge in [0.25, 0.3) is 0 Å². The average molecular weight is 272 g/mol. The van der Waals surface area contributed by atoms with E-state index in [4.69, 9.17) is 0 Å². The topological polar surface area (TPSA) is 51.1 Å². The molecule has 4 heteroatoms. The zero-order chi connectivity index (χ0) is 14.5. The minimum absolute atomic E-state index is 0.0242. The van der Waals surface area contributed by atoms with Crippen LogP contribution in [0.1, 0.15) is 30.6 Å². The van der Waals surface area contributed by atoms with Crippen molar-refractivity contribution in [2.24, 2.45) is 5.92 Å². The van der Waals surface area contributed by atoms with Crippen molar-refractivity contribution in [3.8, 4) is 0 Å². The lowest BCUT2D eigenvalue weighted by Gasteiger charge is -2.09. The molecule has 1 aromatic carbocycles. The van der Waals surface area contributed by atoms with E-state index in [1.807, 2.05) is 29.0 Å². The summed E-state index contributed by atoms with van der Waals surface area (Å²) in [6, 6.07) is 7.47. The maximum absolute atomic E-state index is 11.9. The van der Waals surface area contributed by atoms with E-state index in [-0.39, 0.29) is 12.5 Å². The summed E-state index contributed by atoms with van der Waals surface area (Å²) in [5.74, 6) is 0.549. The number of rotatable bonds is 6. The summed E-state index contributed by atoms with van der Waals surface area (Å²) in [5, 5.41) is 3.88. The van der Waals surface area contributed by atoms with Crippen molar-refractivity contribution in [1.29, 1.82) is 0 Å². The van der Waals surface area contributed by atoms with E-state index in [9.17, 15) is 9.59 Å². The Balaban J connectivity index is 2.10. The molecule has 0 aliphatic heterocycles. The molecular weight excluding hydrogens is 252 g/mol. The molecule has 1 N–H and O–H groups in total. The Hall–Kier alpha value is -2.10. The zero-order valence-electron chi connectivity index (χ0n) is 11.9. The first-order valence-corrected chi connectivity index (χ1v) is 6.91. The summed E-state index contributed by atoms with van der Waals surface area (Å²) in [6.07, 6.45) is 3.65. The minimum Gasteiger partial charge on any atom is -0.355 e. The quantitative estimate of drug-likeness (QED) is 0.822. The monoisotopic (exact) mass is 272 g/mol. The Morgan fingerprint density at radius 1 is 1.35 bits per heavy atom. The normalized spacial score (nSPS) is 10.9. The largest absolute Gasteiger partial charge is 0.355 e. The summed E-state index contributed by atoms with van der Waals surface area (Å²) >= 11 is 0. The van der Waals surface area contributed by atoms with Crippen molar-refractivity contribution in [2.75, 3.05) is 6.54 Å². The highest BCUT2D eigenvalue weighted by Crippen LogP contribution is 2.19. The predicted molar refractivity (Wildman–Crippen MR) is 79.8 cm³/mol. The van der Waals surface area contributed by atoms with Gasteiger partial charge in [0, 0.05) is 23.7 Å². The number of benzene rings is 1. The highest BCUT2D eigenvalue weighted by Gasteiger charge is 2.09. The lowest BCUT2D eigenvalue weighted by molar-refractivity contribution is -0.121. The third kappa shape index (κ3) is 3.26. The first-order chi connectivity index (χ1) is 9.61. The molecule has 0 saturated heterocycles. The van der Waals surface area contributed by atoms with Crippen molar-refractivity contribution >= 4 is 23.1 Å². The van der Waals surface area contributed by atoms with Crippen LogP contribution in [0, 0.1) is 5.92 Å². The number of carbonyl (C=O) groups excluding carboxylic acids is 2. The zero-order valence-corrected chi connectivity index (χ0v) is 11.9. The fourth-order valence-electron chi connectivity index (χ4n) is 2.23. The minimum atomic E-state index is -0.0242. The fraction of sp³-hybridized carbons (Fsp3) is 0.375. The second-order valence-electron chi connectivity index (χ2n) is 5.38. The van der Waals surface area contributed by atoms with Crippen LogP contribution in [0.25, 0.3) is 10.9 Å². The van der Waals surface area contributed by atoms with Crippen LogP contribution in [0.4, 0.5) is 0 Å². The van der Waals surface area contributed by atoms with E-state index >= 15 is 0 Å². The van der Waals surface area contributed by atoms with Crippen molar-refractivity contribution < 1.29 is 9.59 Å². The van der Waals surface area contributed by atoms with Crippen molar-refractivity contribution in [3.63, 3.8) is 0 Å². The Kier molecular flexibility index (Phi) is 4.56. The molecule has 106 valence electrons. The molecule has 0 radical (unpaired) electrons. The lowest BCUT2D eigenvalue weighted by Crippen LogP contribution is -2.28. The van der Waals surface area contributed by atoms with Crippen LogP contribution in [0.3, 0.4) is 0 Å². The highest BCUT2D eigenvalue weighted by atomic mass is 16.2. The highest BCUT2D eigenvalue weighted by molar-refractivity contribution is 5.97. The Bertz CT molecular complexity index is 614. The Labute approximate surface area is 118 Å². The van der Waals surface area contributed by atoms with Gasteiger partial charge in [0.15, 0.2) is 6.29 Å². The van der Waals surface area contributed by atoms with Gasteiger partial charge >= 0.3 is 0 Å². The Morgan fingerprint density at radius 2 is 2.15 bits per heavy atom. The maximum Gasteiger partial charge on any atom is 0.239 e. The van der Waals surface area contributed by atoms with Crippen molar-refractivity contribution in [2.45, 2.75) is 26.8 Å². The van der Waals surface area contributed by atoms with Crippen LogP contribution in [-0.4, -0.2) is 23.3 Å². The molecule has 0 aliphatic carbocycles. The molecular formula is C16H20N2O2. The number of aldehydes is 1. The van der Waals surface area contributed by atoms with Crippen LogP contribution in [0.5, 0.6) is 0 Å². The molecule has 1 amide bonds. The third-order valence-electron chi connectivity index (χ3n) is 3.30. The molecule has 0 atom stereocenters. The molecule has 2 rings (SSSR count). The number of hydrogen-bond acceptors (Lipinski definition) is 2. The smallest absolute Gasteiger partial charge is 0.239 e. The van der Waals surface area contributed by atoms with E-state index in [0.29, 0.717) is 18.0 Å². The number of hydrogen-bond donors (Lipinski definition) is 1. The first-order valence-electron chi connectivity index (χ1n) is 6.91. The molecule has 20 heavy (non-hydrogen) atoms. The van der Waals surface area contributed by atoms with Crippen molar-refractivity contribution in [3.05, 3.63) is 36.0 Å². The standard InChI is InChI=1S/C16H20N2O2/c1-12(2)6-8-17-15(20)10-18-9-7-13-4-3-5-14(11-19)16(13)18/h3-5,7,9,11-12H,6,8,10H2,1-2H3,(H,17,20). The van der Waals surface area contributed by atoms with Gasteiger partial charge in [-0.2, -0.15) is 0 Å². The van der Waals surface area contributed by atoms with Gasteiger partial charge in [-0.05, 0) is 24.5 Å². The van der Waals surface area contributed by atoms with Crippen LogP contribution in [-0.2, 0) is 11.3 Å². The fourth-order valence-corrected chi connectivity index (χ4v) is 2.23. The van der Waals surface area contributed by atoms with Gasteiger partial charge in [-0.1, -0.05) is 26.0 Å². The molecule has 0 aliphatic rings. The number of aromatic nitrogens is 1. The van der Waals surface area contributed by atoms with Crippen LogP contribution < -0.4 is 5.32 Å². The number of fused-ring (bicyclic) bond motifs is 1. The summed E-state index contributed by atoms with van der Waals surface area (Å²) in [6.45, 7) is 5.19. The predicted octanol–water partition coefficient (Wildman–Crippen LogP) is 2.62. The molecule has 0 fully saturated rings. The molecule has 0 saturated carbocycles. The molecule has 1 heterocycles. The third-order valence-corrected chi connectivity index (χ3v) is 3.30. The molecule has 2 aromatic rings. The molecule has 1 aromatic heterocycles. The van der Waals surface area contributed by atoms with E-state index in [1.54, 1.807) is 6.07 Å². The molecule has 4 nitrogen and oxygen atoms in total. The lowest BCUT2D eigenvalue weighted by atomic mass is 10.1. The van der Waals surface area contributed by atoms with Crippen LogP contribution in [0.15, 0.2) is 30.5 Å². The van der Waals surface area contributed by atoms with Gasteiger partial charge < -0.3 is 9.88 Å². The number of nitrogens with one attached hydrogen (secondary N) is 1. The molecule has 0 unspecified atom stereocenters. The van der Waals surface area contributed by atoms with E-state index in [1.165, 1.54) is 0 Å². The second-order valence-corrected chi connectivity index (χ2v) is 5.38. The molecule has 0 spiro atoms. The summed E-state index contributed by atoms with van der Waals surface area (Å²) in [4.78, 5) is 23.0. The second kappa shape index (κ2) is 6.37. The average Bonchev–Trinajstić information content (AvgIpc) is 2.81. The van der Waals surface area contributed by atoms with Crippen LogP contribution >= 0.6 is 0 Å². The van der Waals surface area contributed by atoms with Crippen molar-refractivity contribution in [1.82, 2.24) is 9.88 Å². The maximum atomic E-state index is 11.9. The van der Waals surface area contributed by atoms with Gasteiger partial charge in [-0.25, -0.2) is 0 Å². The summed E-state index contributed by atoms with van der Waals surface area (Å²) in [5.41, 5.74) is 1.43. The number of carbonyl (C=O) groups is 2. The van der Waals surface area contributed by atoms with E-state index in [0.717, 1.165) is 23.6 Å². The summed E-state index contributed by atoms with van der Waals surface area (Å²) in [7, 11) is 0. The van der Waals surface area contributed by atoms with Gasteiger partial charge in [0.2, 0.25) is 5.91 Å². The van der Waals surface area contributed by atoms with Gasteiger partial charge in [0.05, 0.1) is 5.52 Å². The van der Waals surface area contributed by atoms with Gasteiger partial charge in [-0.15, -0.1) is 0 Å². The van der Waals surface area contributed by atoms with Gasteiger partial charge in [0.1, 0.15) is 6.54 Å². The van der Waals surface area contributed by atoms with Crippen LogP contribution in [0.2, 0.25) is 0 Å².